The summed E-state index contributed by atoms with van der Waals surface area (Å²) in [5, 5.41) is 13.5. The third-order valence-electron chi connectivity index (χ3n) is 3.19. The van der Waals surface area contributed by atoms with Crippen LogP contribution in [0.1, 0.15) is 23.8 Å². The molecule has 2 atom stereocenters. The summed E-state index contributed by atoms with van der Waals surface area (Å²) in [5.41, 5.74) is 0. The van der Waals surface area contributed by atoms with E-state index in [1.165, 1.54) is 16.2 Å². The van der Waals surface area contributed by atoms with Gasteiger partial charge >= 0.3 is 12.0 Å². The predicted molar refractivity (Wildman–Crippen MR) is 74.8 cm³/mol. The maximum atomic E-state index is 12.0. The van der Waals surface area contributed by atoms with Gasteiger partial charge in [0.15, 0.2) is 6.04 Å². The van der Waals surface area contributed by atoms with Gasteiger partial charge in [-0.15, -0.1) is 11.3 Å². The Balaban J connectivity index is 1.92. The molecule has 6 nitrogen and oxygen atoms in total. The van der Waals surface area contributed by atoms with Gasteiger partial charge in [0.05, 0.1) is 6.10 Å². The molecule has 1 aliphatic rings. The van der Waals surface area contributed by atoms with Crippen molar-refractivity contribution in [1.82, 2.24) is 10.2 Å². The summed E-state index contributed by atoms with van der Waals surface area (Å²) in [6, 6.07) is 2.05. The number of rotatable bonds is 5. The zero-order valence-corrected chi connectivity index (χ0v) is 12.1. The fourth-order valence-corrected chi connectivity index (χ4v) is 2.89. The number of urea groups is 1. The average molecular weight is 298 g/mol. The standard InChI is InChI=1S/C13H18N2O4S/c1-15(8-9-4-2-6-19-9)13(18)14-11(12(16)17)10-5-3-7-20-10/h3,5,7,9,11H,2,4,6,8H2,1H3,(H,14,18)(H,16,17). The van der Waals surface area contributed by atoms with Crippen molar-refractivity contribution in [3.05, 3.63) is 22.4 Å². The van der Waals surface area contributed by atoms with E-state index in [-0.39, 0.29) is 6.10 Å². The second-order valence-electron chi connectivity index (χ2n) is 4.75. The molecule has 2 N–H and O–H groups in total. The highest BCUT2D eigenvalue weighted by Gasteiger charge is 2.26. The number of carbonyl (C=O) groups excluding carboxylic acids is 1. The van der Waals surface area contributed by atoms with Crippen molar-refractivity contribution in [2.24, 2.45) is 0 Å². The zero-order valence-electron chi connectivity index (χ0n) is 11.2. The molecule has 0 radical (unpaired) electrons. The van der Waals surface area contributed by atoms with Crippen molar-refractivity contribution in [3.8, 4) is 0 Å². The minimum absolute atomic E-state index is 0.0516. The lowest BCUT2D eigenvalue weighted by atomic mass is 10.2. The molecule has 20 heavy (non-hydrogen) atoms. The summed E-state index contributed by atoms with van der Waals surface area (Å²) >= 11 is 1.31. The third-order valence-corrected chi connectivity index (χ3v) is 4.13. The lowest BCUT2D eigenvalue weighted by Crippen LogP contribution is -2.44. The average Bonchev–Trinajstić information content (AvgIpc) is 3.07. The molecule has 7 heteroatoms. The van der Waals surface area contributed by atoms with Crippen molar-refractivity contribution < 1.29 is 19.4 Å². The van der Waals surface area contributed by atoms with Crippen LogP contribution >= 0.6 is 11.3 Å². The highest BCUT2D eigenvalue weighted by molar-refractivity contribution is 7.10. The van der Waals surface area contributed by atoms with Crippen LogP contribution < -0.4 is 5.32 Å². The Hall–Kier alpha value is -1.60. The van der Waals surface area contributed by atoms with Gasteiger partial charge in [0.2, 0.25) is 0 Å². The molecule has 1 aromatic rings. The molecule has 1 aliphatic heterocycles. The molecular formula is C13H18N2O4S. The maximum absolute atomic E-state index is 12.0. The molecular weight excluding hydrogens is 280 g/mol. The molecule has 2 unspecified atom stereocenters. The van der Waals surface area contributed by atoms with E-state index in [1.54, 1.807) is 24.6 Å². The molecule has 0 aromatic carbocycles. The number of hydrogen-bond acceptors (Lipinski definition) is 4. The Labute approximate surface area is 121 Å². The number of amides is 2. The van der Waals surface area contributed by atoms with Gasteiger partial charge in [-0.1, -0.05) is 6.07 Å². The number of nitrogens with one attached hydrogen (secondary N) is 1. The van der Waals surface area contributed by atoms with E-state index in [2.05, 4.69) is 5.32 Å². The molecule has 0 saturated carbocycles. The quantitative estimate of drug-likeness (QED) is 0.867. The summed E-state index contributed by atoms with van der Waals surface area (Å²) in [5.74, 6) is -1.06. The predicted octanol–water partition coefficient (Wildman–Crippen LogP) is 1.69. The van der Waals surface area contributed by atoms with Crippen LogP contribution in [-0.4, -0.2) is 48.3 Å². The summed E-state index contributed by atoms with van der Waals surface area (Å²) in [7, 11) is 1.64. The molecule has 1 aromatic heterocycles. The maximum Gasteiger partial charge on any atom is 0.331 e. The van der Waals surface area contributed by atoms with Crippen LogP contribution in [0.3, 0.4) is 0 Å². The summed E-state index contributed by atoms with van der Waals surface area (Å²) < 4.78 is 5.46. The molecule has 110 valence electrons. The Morgan fingerprint density at radius 1 is 1.65 bits per heavy atom. The van der Waals surface area contributed by atoms with Gasteiger partial charge in [-0.2, -0.15) is 0 Å². The number of carboxylic acid groups (broad SMARTS) is 1. The topological polar surface area (TPSA) is 78.9 Å². The Kier molecular flexibility index (Phi) is 4.97. The molecule has 0 spiro atoms. The van der Waals surface area contributed by atoms with Gasteiger partial charge in [0.1, 0.15) is 0 Å². The van der Waals surface area contributed by atoms with Crippen molar-refractivity contribution in [2.45, 2.75) is 25.0 Å². The van der Waals surface area contributed by atoms with Crippen molar-refractivity contribution in [3.63, 3.8) is 0 Å². The van der Waals surface area contributed by atoms with Gasteiger partial charge in [0.25, 0.3) is 0 Å². The lowest BCUT2D eigenvalue weighted by molar-refractivity contribution is -0.139. The fourth-order valence-electron chi connectivity index (χ4n) is 2.12. The highest BCUT2D eigenvalue weighted by Crippen LogP contribution is 2.19. The van der Waals surface area contributed by atoms with Crippen LogP contribution in [0.4, 0.5) is 4.79 Å². The molecule has 2 amide bonds. The molecule has 0 bridgehead atoms. The number of likely N-dealkylation sites (N-methyl/N-ethyl adjacent to an activating group) is 1. The van der Waals surface area contributed by atoms with Crippen LogP contribution in [0.2, 0.25) is 0 Å². The summed E-state index contributed by atoms with van der Waals surface area (Å²) in [6.45, 7) is 1.20. The van der Waals surface area contributed by atoms with Gasteiger partial charge < -0.3 is 20.1 Å². The van der Waals surface area contributed by atoms with E-state index in [4.69, 9.17) is 4.74 Å². The minimum atomic E-state index is -1.06. The number of nitrogens with zero attached hydrogens (tertiary/aromatic N) is 1. The largest absolute Gasteiger partial charge is 0.479 e. The van der Waals surface area contributed by atoms with Crippen molar-refractivity contribution in [2.75, 3.05) is 20.2 Å². The number of carboxylic acids is 1. The van der Waals surface area contributed by atoms with Crippen LogP contribution in [0.15, 0.2) is 17.5 Å². The summed E-state index contributed by atoms with van der Waals surface area (Å²) in [6.07, 6.45) is 1.99. The van der Waals surface area contributed by atoms with Crippen molar-refractivity contribution in [1.29, 1.82) is 0 Å². The van der Waals surface area contributed by atoms with E-state index in [1.807, 2.05) is 0 Å². The monoisotopic (exact) mass is 298 g/mol. The van der Waals surface area contributed by atoms with E-state index < -0.39 is 18.0 Å². The first-order valence-corrected chi connectivity index (χ1v) is 7.35. The first-order chi connectivity index (χ1) is 9.58. The van der Waals surface area contributed by atoms with Crippen LogP contribution in [0, 0.1) is 0 Å². The molecule has 1 saturated heterocycles. The second-order valence-corrected chi connectivity index (χ2v) is 5.73. The summed E-state index contributed by atoms with van der Waals surface area (Å²) in [4.78, 5) is 25.4. The van der Waals surface area contributed by atoms with Gasteiger partial charge in [-0.3, -0.25) is 0 Å². The number of ether oxygens (including phenoxy) is 1. The number of hydrogen-bond donors (Lipinski definition) is 2. The van der Waals surface area contributed by atoms with Crippen LogP contribution in [0.25, 0.3) is 0 Å². The zero-order chi connectivity index (χ0) is 14.5. The molecule has 1 fully saturated rings. The van der Waals surface area contributed by atoms with E-state index >= 15 is 0 Å². The Bertz CT molecular complexity index is 457. The smallest absolute Gasteiger partial charge is 0.331 e. The number of aliphatic carboxylic acids is 1. The molecule has 2 heterocycles. The fraction of sp³-hybridized carbons (Fsp3) is 0.538. The first kappa shape index (κ1) is 14.8. The van der Waals surface area contributed by atoms with Crippen molar-refractivity contribution >= 4 is 23.3 Å². The lowest BCUT2D eigenvalue weighted by Gasteiger charge is -2.23. The van der Waals surface area contributed by atoms with Gasteiger partial charge in [-0.05, 0) is 24.3 Å². The Morgan fingerprint density at radius 3 is 3.00 bits per heavy atom. The normalized spacial score (nSPS) is 19.6. The number of carbonyl (C=O) groups is 2. The second kappa shape index (κ2) is 6.71. The van der Waals surface area contributed by atoms with Gasteiger partial charge in [-0.25, -0.2) is 9.59 Å². The molecule has 2 rings (SSSR count). The highest BCUT2D eigenvalue weighted by atomic mass is 32.1. The van der Waals surface area contributed by atoms with Gasteiger partial charge in [0, 0.05) is 25.1 Å². The Morgan fingerprint density at radius 2 is 2.45 bits per heavy atom. The minimum Gasteiger partial charge on any atom is -0.479 e. The molecule has 0 aliphatic carbocycles. The first-order valence-electron chi connectivity index (χ1n) is 6.47. The van der Waals surface area contributed by atoms with E-state index in [0.29, 0.717) is 11.4 Å². The van der Waals surface area contributed by atoms with E-state index in [0.717, 1.165) is 19.4 Å². The van der Waals surface area contributed by atoms with Crippen LogP contribution in [0.5, 0.6) is 0 Å². The van der Waals surface area contributed by atoms with Crippen LogP contribution in [-0.2, 0) is 9.53 Å². The van der Waals surface area contributed by atoms with E-state index in [9.17, 15) is 14.7 Å². The SMILES string of the molecule is CN(CC1CCCO1)C(=O)NC(C(=O)O)c1cccs1. The third kappa shape index (κ3) is 3.71. The number of thiophene rings is 1.